The fourth-order valence-corrected chi connectivity index (χ4v) is 4.99. The lowest BCUT2D eigenvalue weighted by atomic mass is 9.95. The fourth-order valence-electron chi connectivity index (χ4n) is 3.83. The summed E-state index contributed by atoms with van der Waals surface area (Å²) in [5, 5.41) is 22.0. The van der Waals surface area contributed by atoms with Gasteiger partial charge in [-0.1, -0.05) is 58.5 Å². The van der Waals surface area contributed by atoms with Gasteiger partial charge in [0.05, 0.1) is 28.8 Å². The van der Waals surface area contributed by atoms with Crippen molar-refractivity contribution in [3.8, 4) is 11.5 Å². The Kier molecular flexibility index (Phi) is 6.69. The van der Waals surface area contributed by atoms with Crippen LogP contribution in [0.4, 0.5) is 5.69 Å². The molecular weight excluding hydrogens is 524 g/mol. The summed E-state index contributed by atoms with van der Waals surface area (Å²) in [6.07, 6.45) is 0. The average molecular weight is 539 g/mol. The first-order valence-corrected chi connectivity index (χ1v) is 11.2. The zero-order chi connectivity index (χ0) is 24.7. The monoisotopic (exact) mass is 537 g/mol. The molecule has 0 saturated carbocycles. The van der Waals surface area contributed by atoms with Gasteiger partial charge in [-0.3, -0.25) is 14.5 Å². The Balaban J connectivity index is 1.99. The van der Waals surface area contributed by atoms with E-state index in [-0.39, 0.29) is 48.4 Å². The summed E-state index contributed by atoms with van der Waals surface area (Å²) in [5.41, 5.74) is 0.465. The number of phenols is 1. The molecule has 3 aromatic rings. The molecule has 34 heavy (non-hydrogen) atoms. The number of carbonyl (C=O) groups excluding carboxylic acids is 2. The van der Waals surface area contributed by atoms with Crippen LogP contribution >= 0.6 is 46.4 Å². The molecule has 4 rings (SSSR count). The minimum absolute atomic E-state index is 0.0947. The summed E-state index contributed by atoms with van der Waals surface area (Å²) in [4.78, 5) is 27.6. The lowest BCUT2D eigenvalue weighted by Crippen LogP contribution is -2.29. The standard InChI is InChI=1S/C24H15Cl4NO5/c1-34-23-17(27)6-12(7-18(23)28)21(31)19-20(11-3-2-4-16(30)5-11)29(24(33)22(19)32)15-9-13(25)8-14(26)10-15/h2-10,20,30-31H,1H3/b21-19+. The number of nitrogens with zero attached hydrogens (tertiary/aromatic N) is 1. The average Bonchev–Trinajstić information content (AvgIpc) is 3.03. The molecule has 1 aliphatic heterocycles. The molecule has 0 aromatic heterocycles. The first kappa shape index (κ1) is 24.2. The van der Waals surface area contributed by atoms with Crippen LogP contribution < -0.4 is 9.64 Å². The van der Waals surface area contributed by atoms with Crippen molar-refractivity contribution in [2.24, 2.45) is 0 Å². The Morgan fingerprint density at radius 2 is 1.56 bits per heavy atom. The smallest absolute Gasteiger partial charge is 0.300 e. The van der Waals surface area contributed by atoms with Crippen LogP contribution in [0.25, 0.3) is 5.76 Å². The predicted molar refractivity (Wildman–Crippen MR) is 132 cm³/mol. The van der Waals surface area contributed by atoms with Gasteiger partial charge in [-0.05, 0) is 48.0 Å². The highest BCUT2D eigenvalue weighted by Crippen LogP contribution is 2.45. The van der Waals surface area contributed by atoms with E-state index in [1.54, 1.807) is 12.1 Å². The third-order valence-electron chi connectivity index (χ3n) is 5.23. The normalized spacial score (nSPS) is 17.3. The van der Waals surface area contributed by atoms with E-state index in [4.69, 9.17) is 51.1 Å². The molecule has 1 aliphatic rings. The third-order valence-corrected chi connectivity index (χ3v) is 6.23. The summed E-state index contributed by atoms with van der Waals surface area (Å²) in [6, 6.07) is 12.0. The van der Waals surface area contributed by atoms with Crippen LogP contribution in [0.3, 0.4) is 0 Å². The molecule has 6 nitrogen and oxygen atoms in total. The molecular formula is C24H15Cl4NO5. The summed E-state index contributed by atoms with van der Waals surface area (Å²) < 4.78 is 5.13. The molecule has 0 aliphatic carbocycles. The van der Waals surface area contributed by atoms with Gasteiger partial charge in [0, 0.05) is 21.3 Å². The van der Waals surface area contributed by atoms with E-state index in [2.05, 4.69) is 0 Å². The van der Waals surface area contributed by atoms with Crippen LogP contribution in [0.15, 0.2) is 60.2 Å². The number of Topliss-reactive ketones (excluding diaryl/α,β-unsaturated/α-hetero) is 1. The molecule has 174 valence electrons. The van der Waals surface area contributed by atoms with Gasteiger partial charge in [0.1, 0.15) is 11.5 Å². The number of aliphatic hydroxyl groups is 1. The molecule has 1 atom stereocenters. The Hall–Kier alpha value is -2.90. The maximum Gasteiger partial charge on any atom is 0.300 e. The Bertz CT molecular complexity index is 1330. The molecule has 1 unspecified atom stereocenters. The number of aliphatic hydroxyl groups excluding tert-OH is 1. The third kappa shape index (κ3) is 4.30. The first-order valence-electron chi connectivity index (χ1n) is 9.71. The van der Waals surface area contributed by atoms with E-state index in [1.165, 1.54) is 49.6 Å². The fraction of sp³-hybridized carbons (Fsp3) is 0.0833. The van der Waals surface area contributed by atoms with Crippen LogP contribution in [0.2, 0.25) is 20.1 Å². The highest BCUT2D eigenvalue weighted by molar-refractivity contribution is 6.52. The zero-order valence-corrected chi connectivity index (χ0v) is 20.4. The van der Waals surface area contributed by atoms with Crippen molar-refractivity contribution in [1.82, 2.24) is 0 Å². The molecule has 10 heteroatoms. The number of anilines is 1. The number of ketones is 1. The maximum absolute atomic E-state index is 13.2. The van der Waals surface area contributed by atoms with Crippen molar-refractivity contribution in [3.05, 3.63) is 91.4 Å². The lowest BCUT2D eigenvalue weighted by Gasteiger charge is -2.26. The van der Waals surface area contributed by atoms with Gasteiger partial charge in [0.25, 0.3) is 11.7 Å². The molecule has 1 amide bonds. The summed E-state index contributed by atoms with van der Waals surface area (Å²) >= 11 is 24.7. The van der Waals surface area contributed by atoms with E-state index < -0.39 is 23.5 Å². The zero-order valence-electron chi connectivity index (χ0n) is 17.4. The van der Waals surface area contributed by atoms with E-state index in [0.29, 0.717) is 5.56 Å². The minimum Gasteiger partial charge on any atom is -0.508 e. The molecule has 1 fully saturated rings. The first-order chi connectivity index (χ1) is 16.1. The van der Waals surface area contributed by atoms with Crippen molar-refractivity contribution >= 4 is 69.5 Å². The van der Waals surface area contributed by atoms with E-state index in [1.807, 2.05) is 0 Å². The van der Waals surface area contributed by atoms with Crippen molar-refractivity contribution in [1.29, 1.82) is 0 Å². The second-order valence-electron chi connectivity index (χ2n) is 7.36. The highest BCUT2D eigenvalue weighted by Gasteiger charge is 2.47. The van der Waals surface area contributed by atoms with Gasteiger partial charge >= 0.3 is 0 Å². The van der Waals surface area contributed by atoms with Crippen molar-refractivity contribution in [3.63, 3.8) is 0 Å². The second-order valence-corrected chi connectivity index (χ2v) is 9.05. The summed E-state index contributed by atoms with van der Waals surface area (Å²) in [7, 11) is 1.39. The summed E-state index contributed by atoms with van der Waals surface area (Å²) in [5.74, 6) is -2.28. The van der Waals surface area contributed by atoms with Gasteiger partial charge in [0.15, 0.2) is 5.75 Å². The van der Waals surface area contributed by atoms with Crippen LogP contribution in [0, 0.1) is 0 Å². The minimum atomic E-state index is -1.11. The van der Waals surface area contributed by atoms with Gasteiger partial charge in [-0.2, -0.15) is 0 Å². The predicted octanol–water partition coefficient (Wildman–Crippen LogP) is 6.64. The number of methoxy groups -OCH3 is 1. The lowest BCUT2D eigenvalue weighted by molar-refractivity contribution is -0.132. The number of carbonyl (C=O) groups is 2. The number of phenolic OH excluding ortho intramolecular Hbond substituents is 1. The molecule has 0 radical (unpaired) electrons. The summed E-state index contributed by atoms with van der Waals surface area (Å²) in [6.45, 7) is 0. The van der Waals surface area contributed by atoms with Crippen LogP contribution in [0.1, 0.15) is 17.2 Å². The van der Waals surface area contributed by atoms with Gasteiger partial charge in [-0.25, -0.2) is 0 Å². The second kappa shape index (κ2) is 9.39. The number of ether oxygens (including phenoxy) is 1. The number of rotatable bonds is 4. The molecule has 0 spiro atoms. The van der Waals surface area contributed by atoms with Crippen molar-refractivity contribution < 1.29 is 24.5 Å². The Labute approximate surface area is 214 Å². The topological polar surface area (TPSA) is 87.1 Å². The molecule has 3 aromatic carbocycles. The Morgan fingerprint density at radius 3 is 2.12 bits per heavy atom. The number of amides is 1. The molecule has 1 heterocycles. The Morgan fingerprint density at radius 1 is 0.941 bits per heavy atom. The van der Waals surface area contributed by atoms with Gasteiger partial charge < -0.3 is 14.9 Å². The molecule has 0 bridgehead atoms. The quantitative estimate of drug-likeness (QED) is 0.221. The van der Waals surface area contributed by atoms with Crippen LogP contribution in [-0.2, 0) is 9.59 Å². The maximum atomic E-state index is 13.2. The SMILES string of the molecule is COc1c(Cl)cc(/C(O)=C2\C(=O)C(=O)N(c3cc(Cl)cc(Cl)c3)C2c2cccc(O)c2)cc1Cl. The number of hydrogen-bond acceptors (Lipinski definition) is 5. The van der Waals surface area contributed by atoms with E-state index in [0.717, 1.165) is 4.90 Å². The van der Waals surface area contributed by atoms with Crippen molar-refractivity contribution in [2.45, 2.75) is 6.04 Å². The number of benzene rings is 3. The molecule has 2 N–H and O–H groups in total. The molecule has 1 saturated heterocycles. The number of aromatic hydroxyl groups is 1. The van der Waals surface area contributed by atoms with Crippen LogP contribution in [-0.4, -0.2) is 29.0 Å². The number of hydrogen-bond donors (Lipinski definition) is 2. The van der Waals surface area contributed by atoms with E-state index in [9.17, 15) is 19.8 Å². The van der Waals surface area contributed by atoms with Crippen molar-refractivity contribution in [2.75, 3.05) is 12.0 Å². The largest absolute Gasteiger partial charge is 0.508 e. The van der Waals surface area contributed by atoms with E-state index >= 15 is 0 Å². The van der Waals surface area contributed by atoms with Gasteiger partial charge in [0.2, 0.25) is 0 Å². The van der Waals surface area contributed by atoms with Gasteiger partial charge in [-0.15, -0.1) is 0 Å². The number of halogens is 4. The highest BCUT2D eigenvalue weighted by atomic mass is 35.5. The van der Waals surface area contributed by atoms with Crippen LogP contribution in [0.5, 0.6) is 11.5 Å².